The molecule has 6 nitrogen and oxygen atoms in total. The quantitative estimate of drug-likeness (QED) is 0.287. The zero-order chi connectivity index (χ0) is 27.5. The van der Waals surface area contributed by atoms with E-state index in [9.17, 15) is 31.1 Å². The number of rotatable bonds is 3. The molecule has 0 bridgehead atoms. The van der Waals surface area contributed by atoms with Crippen LogP contribution in [0, 0.1) is 0 Å². The molecule has 0 aliphatic carbocycles. The van der Waals surface area contributed by atoms with Crippen molar-refractivity contribution in [3.63, 3.8) is 0 Å². The molecule has 3 aromatic rings. The number of halogens is 8. The summed E-state index contributed by atoms with van der Waals surface area (Å²) in [7, 11) is 2.00. The highest BCUT2D eigenvalue weighted by atomic mass is 35.5. The number of aldehydes is 1. The van der Waals surface area contributed by atoms with Gasteiger partial charge < -0.3 is 10.2 Å². The molecule has 0 radical (unpaired) electrons. The molecule has 0 fully saturated rings. The van der Waals surface area contributed by atoms with E-state index in [1.807, 2.05) is 30.3 Å². The Morgan fingerprint density at radius 1 is 1.14 bits per heavy atom. The van der Waals surface area contributed by atoms with Gasteiger partial charge in [0.1, 0.15) is 0 Å². The summed E-state index contributed by atoms with van der Waals surface area (Å²) in [5.74, 6) is -0.879. The summed E-state index contributed by atoms with van der Waals surface area (Å²) in [4.78, 5) is 23.2. The first-order chi connectivity index (χ1) is 17.2. The largest absolute Gasteiger partial charge is 0.446 e. The fraction of sp³-hybridized carbons (Fsp3) is 0.261. The Hall–Kier alpha value is -3.09. The lowest BCUT2D eigenvalue weighted by Gasteiger charge is -2.33. The van der Waals surface area contributed by atoms with Gasteiger partial charge in [-0.3, -0.25) is 14.7 Å². The molecule has 2 aromatic carbocycles. The topological polar surface area (TPSA) is 78.1 Å². The maximum absolute atomic E-state index is 13.0. The van der Waals surface area contributed by atoms with Gasteiger partial charge in [-0.1, -0.05) is 35.3 Å². The van der Waals surface area contributed by atoms with Gasteiger partial charge in [-0.15, -0.1) is 0 Å². The number of fused-ring (bicyclic) bond motifs is 1. The van der Waals surface area contributed by atoms with Gasteiger partial charge in [0.2, 0.25) is 6.29 Å². The average molecular weight is 567 g/mol. The Labute approximate surface area is 216 Å². The highest BCUT2D eigenvalue weighted by Crippen LogP contribution is 2.38. The first kappa shape index (κ1) is 28.5. The third kappa shape index (κ3) is 7.24. The number of likely N-dealkylation sites (N-methyl/N-ethyl adjacent to an activating group) is 1. The monoisotopic (exact) mass is 566 g/mol. The number of nitrogens with one attached hydrogen (secondary N) is 2. The van der Waals surface area contributed by atoms with Crippen LogP contribution in [0.3, 0.4) is 0 Å². The lowest BCUT2D eigenvalue weighted by Crippen LogP contribution is -2.31. The number of carbonyl (C=O) groups excluding carboxylic acids is 2. The number of amides is 1. The summed E-state index contributed by atoms with van der Waals surface area (Å²) >= 11 is 12.6. The minimum absolute atomic E-state index is 0.0143. The van der Waals surface area contributed by atoms with E-state index in [2.05, 4.69) is 15.3 Å². The maximum atomic E-state index is 13.0. The summed E-state index contributed by atoms with van der Waals surface area (Å²) in [5, 5.41) is 8.82. The SMILES string of the molecule is CN1Cc2c(Cl)cc(Cl)cc2C(c2ccc(NC(=O)c3cn[nH]c3C(F)(F)F)cc2)C1.O=CC(F)(F)F. The van der Waals surface area contributed by atoms with E-state index < -0.39 is 35.8 Å². The molecule has 1 aliphatic heterocycles. The predicted octanol–water partition coefficient (Wildman–Crippen LogP) is 6.31. The van der Waals surface area contributed by atoms with E-state index in [-0.39, 0.29) is 5.92 Å². The molecule has 37 heavy (non-hydrogen) atoms. The Balaban J connectivity index is 0.000000568. The van der Waals surface area contributed by atoms with Crippen LogP contribution >= 0.6 is 23.2 Å². The second-order valence-corrected chi connectivity index (χ2v) is 8.94. The zero-order valence-electron chi connectivity index (χ0n) is 18.8. The van der Waals surface area contributed by atoms with Crippen molar-refractivity contribution in [1.82, 2.24) is 15.1 Å². The highest BCUT2D eigenvalue weighted by molar-refractivity contribution is 6.35. The van der Waals surface area contributed by atoms with Crippen molar-refractivity contribution in [2.24, 2.45) is 0 Å². The standard InChI is InChI=1S/C21H17Cl2F3N4O.C2HF3O/c1-30-9-16(14-6-12(22)7-18(23)17(14)10-30)11-2-4-13(5-3-11)28-20(31)15-8-27-29-19(15)21(24,25)26;3-2(4,5)1-6/h2-8,16H,9-10H2,1H3,(H,27,29)(H,28,31);1H. The molecule has 0 saturated heterocycles. The van der Waals surface area contributed by atoms with Crippen LogP contribution in [0.4, 0.5) is 32.0 Å². The van der Waals surface area contributed by atoms with Crippen LogP contribution in [0.2, 0.25) is 10.0 Å². The van der Waals surface area contributed by atoms with Gasteiger partial charge in [0, 0.05) is 34.7 Å². The molecular formula is C23H18Cl2F6N4O2. The van der Waals surface area contributed by atoms with Gasteiger partial charge in [0.15, 0.2) is 5.69 Å². The van der Waals surface area contributed by atoms with Crippen LogP contribution in [-0.2, 0) is 17.5 Å². The van der Waals surface area contributed by atoms with Gasteiger partial charge in [0.25, 0.3) is 5.91 Å². The van der Waals surface area contributed by atoms with Crippen molar-refractivity contribution >= 4 is 41.1 Å². The summed E-state index contributed by atoms with van der Waals surface area (Å²) in [6, 6.07) is 10.6. The fourth-order valence-corrected chi connectivity index (χ4v) is 4.37. The minimum atomic E-state index is -4.70. The van der Waals surface area contributed by atoms with E-state index in [1.165, 1.54) is 0 Å². The van der Waals surface area contributed by atoms with Crippen LogP contribution in [0.25, 0.3) is 0 Å². The Bertz CT molecular complexity index is 1280. The van der Waals surface area contributed by atoms with Gasteiger partial charge in [-0.25, -0.2) is 0 Å². The molecule has 1 unspecified atom stereocenters. The summed E-state index contributed by atoms with van der Waals surface area (Å²) in [6.07, 6.45) is -9.54. The number of nitrogens with zero attached hydrogens (tertiary/aromatic N) is 2. The van der Waals surface area contributed by atoms with Crippen LogP contribution < -0.4 is 5.32 Å². The highest BCUT2D eigenvalue weighted by Gasteiger charge is 2.37. The molecule has 198 valence electrons. The van der Waals surface area contributed by atoms with Crippen molar-refractivity contribution in [1.29, 1.82) is 0 Å². The smallest absolute Gasteiger partial charge is 0.322 e. The van der Waals surface area contributed by atoms with Crippen molar-refractivity contribution in [2.75, 3.05) is 18.9 Å². The Morgan fingerprint density at radius 2 is 1.76 bits per heavy atom. The number of aromatic nitrogens is 2. The number of carbonyl (C=O) groups is 2. The second kappa shape index (κ2) is 11.1. The van der Waals surface area contributed by atoms with E-state index in [0.29, 0.717) is 22.3 Å². The first-order valence-corrected chi connectivity index (χ1v) is 11.2. The summed E-state index contributed by atoms with van der Waals surface area (Å²) in [6.45, 7) is 1.46. The van der Waals surface area contributed by atoms with Crippen molar-refractivity contribution in [2.45, 2.75) is 24.8 Å². The van der Waals surface area contributed by atoms with Crippen LogP contribution in [0.5, 0.6) is 0 Å². The lowest BCUT2D eigenvalue weighted by molar-refractivity contribution is -0.156. The third-order valence-electron chi connectivity index (χ3n) is 5.36. The summed E-state index contributed by atoms with van der Waals surface area (Å²) < 4.78 is 70.2. The Kier molecular flexibility index (Phi) is 8.56. The molecule has 1 aliphatic rings. The average Bonchev–Trinajstić information content (AvgIpc) is 3.31. The molecule has 0 spiro atoms. The Morgan fingerprint density at radius 3 is 2.32 bits per heavy atom. The zero-order valence-corrected chi connectivity index (χ0v) is 20.4. The molecular weight excluding hydrogens is 549 g/mol. The number of benzene rings is 2. The normalized spacial score (nSPS) is 15.9. The summed E-state index contributed by atoms with van der Waals surface area (Å²) in [5.41, 5.74) is 1.66. The number of alkyl halides is 6. The minimum Gasteiger partial charge on any atom is -0.322 e. The van der Waals surface area contributed by atoms with Crippen LogP contribution in [0.1, 0.15) is 38.7 Å². The molecule has 2 heterocycles. The third-order valence-corrected chi connectivity index (χ3v) is 5.92. The predicted molar refractivity (Wildman–Crippen MR) is 125 cm³/mol. The number of hydrogen-bond donors (Lipinski definition) is 2. The molecule has 14 heteroatoms. The lowest BCUT2D eigenvalue weighted by atomic mass is 9.84. The molecule has 1 amide bonds. The molecule has 0 saturated carbocycles. The van der Waals surface area contributed by atoms with E-state index >= 15 is 0 Å². The van der Waals surface area contributed by atoms with Crippen LogP contribution in [0.15, 0.2) is 42.6 Å². The molecule has 1 aromatic heterocycles. The van der Waals surface area contributed by atoms with E-state index in [4.69, 9.17) is 28.0 Å². The molecule has 1 atom stereocenters. The fourth-order valence-electron chi connectivity index (χ4n) is 3.80. The van der Waals surface area contributed by atoms with Crippen LogP contribution in [-0.4, -0.2) is 47.1 Å². The van der Waals surface area contributed by atoms with E-state index in [0.717, 1.165) is 29.4 Å². The molecule has 4 rings (SSSR count). The number of hydrogen-bond acceptors (Lipinski definition) is 4. The van der Waals surface area contributed by atoms with Crippen molar-refractivity contribution < 1.29 is 35.9 Å². The van der Waals surface area contributed by atoms with Gasteiger partial charge in [-0.2, -0.15) is 31.4 Å². The van der Waals surface area contributed by atoms with Gasteiger partial charge >= 0.3 is 12.4 Å². The maximum Gasteiger partial charge on any atom is 0.446 e. The van der Waals surface area contributed by atoms with Gasteiger partial charge in [-0.05, 0) is 48.0 Å². The second-order valence-electron chi connectivity index (χ2n) is 8.10. The number of H-pyrrole nitrogens is 1. The first-order valence-electron chi connectivity index (χ1n) is 10.4. The molecule has 2 N–H and O–H groups in total. The van der Waals surface area contributed by atoms with Crippen molar-refractivity contribution in [3.05, 3.63) is 80.6 Å². The number of aromatic amines is 1. The van der Waals surface area contributed by atoms with E-state index in [1.54, 1.807) is 18.2 Å². The number of anilines is 1. The van der Waals surface area contributed by atoms with Gasteiger partial charge in [0.05, 0.1) is 11.8 Å². The van der Waals surface area contributed by atoms with Crippen molar-refractivity contribution in [3.8, 4) is 0 Å².